The molecule has 1 aromatic rings. The van der Waals surface area contributed by atoms with Gasteiger partial charge in [0.2, 0.25) is 35.4 Å². The molecule has 16 nitrogen and oxygen atoms in total. The molecule has 1 aromatic carbocycles. The molecule has 1 saturated heterocycles. The van der Waals surface area contributed by atoms with Crippen LogP contribution in [0.2, 0.25) is 0 Å². The van der Waals surface area contributed by atoms with E-state index in [2.05, 4.69) is 31.9 Å². The smallest absolute Gasteiger partial charge is 0.331 e. The van der Waals surface area contributed by atoms with Gasteiger partial charge in [-0.2, -0.15) is 0 Å². The average molecular weight is 817 g/mol. The van der Waals surface area contributed by atoms with E-state index in [-0.39, 0.29) is 37.7 Å². The van der Waals surface area contributed by atoms with Crippen molar-refractivity contribution < 1.29 is 47.8 Å². The molecule has 0 bridgehead atoms. The fourth-order valence-corrected chi connectivity index (χ4v) is 6.26. The minimum Gasteiger partial charge on any atom is -0.458 e. The third-order valence-electron chi connectivity index (χ3n) is 8.88. The largest absolute Gasteiger partial charge is 0.458 e. The van der Waals surface area contributed by atoms with Crippen LogP contribution in [0.15, 0.2) is 30.3 Å². The van der Waals surface area contributed by atoms with Crippen molar-refractivity contribution in [2.24, 2.45) is 11.8 Å². The van der Waals surface area contributed by atoms with Crippen molar-refractivity contribution in [1.82, 2.24) is 31.9 Å². The predicted octanol–water partition coefficient (Wildman–Crippen LogP) is 2.21. The van der Waals surface area contributed by atoms with Gasteiger partial charge in [0.25, 0.3) is 0 Å². The fraction of sp³-hybridized carbons (Fsp3) is 0.690. The van der Waals surface area contributed by atoms with Gasteiger partial charge in [-0.25, -0.2) is 4.79 Å². The number of rotatable bonds is 11. The van der Waals surface area contributed by atoms with Crippen LogP contribution in [0.1, 0.15) is 108 Å². The van der Waals surface area contributed by atoms with Gasteiger partial charge in [-0.1, -0.05) is 58.0 Å². The highest BCUT2D eigenvalue weighted by atomic mass is 16.6. The molecule has 58 heavy (non-hydrogen) atoms. The van der Waals surface area contributed by atoms with E-state index >= 15 is 0 Å². The van der Waals surface area contributed by atoms with Crippen LogP contribution in [0.3, 0.4) is 0 Å². The Bertz CT molecular complexity index is 1570. The molecule has 16 heteroatoms. The second-order valence-electron chi connectivity index (χ2n) is 17.9. The Morgan fingerprint density at radius 1 is 0.690 bits per heavy atom. The highest BCUT2D eigenvalue weighted by molar-refractivity contribution is 5.97. The van der Waals surface area contributed by atoms with Gasteiger partial charge in [0.1, 0.15) is 36.3 Å². The van der Waals surface area contributed by atoms with Crippen LogP contribution >= 0.6 is 0 Å². The lowest BCUT2D eigenvalue weighted by Crippen LogP contribution is -2.62. The van der Waals surface area contributed by atoms with Crippen molar-refractivity contribution in [2.75, 3.05) is 6.61 Å². The summed E-state index contributed by atoms with van der Waals surface area (Å²) in [5.74, 6) is -5.53. The van der Waals surface area contributed by atoms with Crippen LogP contribution in [-0.2, 0) is 54.2 Å². The van der Waals surface area contributed by atoms with E-state index in [0.29, 0.717) is 5.56 Å². The van der Waals surface area contributed by atoms with Crippen molar-refractivity contribution in [3.63, 3.8) is 0 Å². The molecule has 2 rings (SSSR count). The average Bonchev–Trinajstić information content (AvgIpc) is 3.08. The lowest BCUT2D eigenvalue weighted by Gasteiger charge is -2.33. The summed E-state index contributed by atoms with van der Waals surface area (Å²) < 4.78 is 17.8. The first-order chi connectivity index (χ1) is 26.8. The quantitative estimate of drug-likeness (QED) is 0.179. The van der Waals surface area contributed by atoms with Crippen LogP contribution in [0.4, 0.5) is 0 Å². The van der Waals surface area contributed by atoms with Gasteiger partial charge in [-0.05, 0) is 85.6 Å². The zero-order valence-electron chi connectivity index (χ0n) is 36.6. The third kappa shape index (κ3) is 17.5. The number of ether oxygens (including phenoxy) is 3. The summed E-state index contributed by atoms with van der Waals surface area (Å²) in [6.45, 7) is 21.8. The van der Waals surface area contributed by atoms with E-state index in [0.717, 1.165) is 0 Å². The summed E-state index contributed by atoms with van der Waals surface area (Å²) in [7, 11) is 0. The fourth-order valence-electron chi connectivity index (χ4n) is 6.26. The number of hydrogen-bond acceptors (Lipinski definition) is 10. The molecule has 1 fully saturated rings. The second kappa shape index (κ2) is 22.0. The highest BCUT2D eigenvalue weighted by Gasteiger charge is 2.39. The summed E-state index contributed by atoms with van der Waals surface area (Å²) in [6, 6.07) is 1.09. The van der Waals surface area contributed by atoms with Crippen molar-refractivity contribution in [3.05, 3.63) is 35.9 Å². The van der Waals surface area contributed by atoms with Gasteiger partial charge in [-0.3, -0.25) is 28.8 Å². The Morgan fingerprint density at radius 3 is 1.67 bits per heavy atom. The number of carbonyl (C=O) groups is 7. The Kier molecular flexibility index (Phi) is 18.8. The molecule has 6 amide bonds. The molecule has 0 radical (unpaired) electrons. The number of esters is 1. The normalized spacial score (nSPS) is 25.5. The van der Waals surface area contributed by atoms with E-state index in [1.165, 1.54) is 13.8 Å². The maximum absolute atomic E-state index is 14.2. The molecule has 0 aromatic heterocycles. The van der Waals surface area contributed by atoms with Crippen molar-refractivity contribution >= 4 is 41.4 Å². The highest BCUT2D eigenvalue weighted by Crippen LogP contribution is 2.17. The molecule has 0 spiro atoms. The molecular weight excluding hydrogens is 748 g/mol. The SMILES string of the molecule is CC(=O)N[C@@H]1C(=O)N[C@H](CC(C)C)C(=O)N[C@H](Cc2ccccc2)C(=O)N[C@H](CC(C)C)C(=O)N[C@@H]([C@@H](C)OC(C)(C)C)C(=O)N[C@@H](COC(C)(C)C)C(=O)O[C@@H]1C. The number of benzene rings is 1. The van der Waals surface area contributed by atoms with Crippen molar-refractivity contribution in [2.45, 2.75) is 169 Å². The van der Waals surface area contributed by atoms with Crippen LogP contribution in [0, 0.1) is 11.8 Å². The number of amides is 6. The van der Waals surface area contributed by atoms with Crippen molar-refractivity contribution in [3.8, 4) is 0 Å². The van der Waals surface area contributed by atoms with Crippen LogP contribution in [0.5, 0.6) is 0 Å². The topological polar surface area (TPSA) is 219 Å². The molecule has 0 unspecified atom stereocenters. The van der Waals surface area contributed by atoms with Gasteiger partial charge >= 0.3 is 5.97 Å². The first-order valence-corrected chi connectivity index (χ1v) is 20.1. The lowest BCUT2D eigenvalue weighted by atomic mass is 9.99. The Hall–Kier alpha value is -4.57. The Balaban J connectivity index is 2.81. The van der Waals surface area contributed by atoms with Gasteiger partial charge in [0.05, 0.1) is 23.9 Å². The predicted molar refractivity (Wildman–Crippen MR) is 218 cm³/mol. The third-order valence-corrected chi connectivity index (χ3v) is 8.88. The van der Waals surface area contributed by atoms with E-state index in [4.69, 9.17) is 14.2 Å². The molecular formula is C42H68N6O10. The van der Waals surface area contributed by atoms with Crippen LogP contribution in [0.25, 0.3) is 0 Å². The number of hydrogen-bond donors (Lipinski definition) is 6. The monoisotopic (exact) mass is 816 g/mol. The minimum atomic E-state index is -1.47. The van der Waals surface area contributed by atoms with Crippen molar-refractivity contribution in [1.29, 1.82) is 0 Å². The first kappa shape index (κ1) is 49.6. The zero-order valence-corrected chi connectivity index (χ0v) is 36.6. The van der Waals surface area contributed by atoms with Crippen LogP contribution < -0.4 is 31.9 Å². The summed E-state index contributed by atoms with van der Waals surface area (Å²) in [5, 5.41) is 16.2. The second-order valence-corrected chi connectivity index (χ2v) is 17.9. The summed E-state index contributed by atoms with van der Waals surface area (Å²) in [6.07, 6.45) is -1.93. The molecule has 1 aliphatic rings. The van der Waals surface area contributed by atoms with E-state index in [1.807, 2.05) is 33.8 Å². The van der Waals surface area contributed by atoms with Crippen LogP contribution in [-0.4, -0.2) is 108 Å². The summed E-state index contributed by atoms with van der Waals surface area (Å²) >= 11 is 0. The molecule has 1 heterocycles. The molecule has 6 N–H and O–H groups in total. The Morgan fingerprint density at radius 2 is 1.17 bits per heavy atom. The Labute approximate surface area is 343 Å². The number of nitrogens with one attached hydrogen (secondary N) is 6. The summed E-state index contributed by atoms with van der Waals surface area (Å²) in [5.41, 5.74) is -0.811. The molecule has 326 valence electrons. The van der Waals surface area contributed by atoms with Gasteiger partial charge in [-0.15, -0.1) is 0 Å². The van der Waals surface area contributed by atoms with E-state index < -0.39 is 101 Å². The maximum Gasteiger partial charge on any atom is 0.331 e. The maximum atomic E-state index is 14.2. The first-order valence-electron chi connectivity index (χ1n) is 20.1. The van der Waals surface area contributed by atoms with Gasteiger partial charge in [0.15, 0.2) is 6.04 Å². The standard InChI is InChI=1S/C42H68N6O10/c1-23(2)19-29-35(50)45-31(21-28-17-15-14-16-18-28)36(51)44-30(20-24(3)4)37(52)48-34(26(6)58-42(11,12)13)39(54)47-32(22-56-41(8,9)10)40(55)57-25(5)33(38(53)46-29)43-27(7)49/h14-18,23-26,29-34H,19-22H2,1-13H3,(H,43,49)(H,44,51)(H,45,50)(H,46,53)(H,47,54)(H,48,52)/t25-,26-,29-,30-,31-,32+,33+,34+/m1/s1. The molecule has 0 aliphatic carbocycles. The summed E-state index contributed by atoms with van der Waals surface area (Å²) in [4.78, 5) is 97.0. The molecule has 1 aliphatic heterocycles. The zero-order chi connectivity index (χ0) is 44.1. The van der Waals surface area contributed by atoms with Gasteiger partial charge in [0, 0.05) is 13.3 Å². The van der Waals surface area contributed by atoms with E-state index in [1.54, 1.807) is 72.7 Å². The minimum absolute atomic E-state index is 0.0395. The van der Waals surface area contributed by atoms with Gasteiger partial charge < -0.3 is 46.1 Å². The van der Waals surface area contributed by atoms with E-state index in [9.17, 15) is 33.6 Å². The molecule has 0 saturated carbocycles. The number of cyclic esters (lactones) is 1. The number of carbonyl (C=O) groups excluding carboxylic acids is 7. The lowest BCUT2D eigenvalue weighted by molar-refractivity contribution is -0.159. The molecule has 8 atom stereocenters.